The van der Waals surface area contributed by atoms with Gasteiger partial charge in [0.2, 0.25) is 0 Å². The highest BCUT2D eigenvalue weighted by atomic mass is 32.2. The molecule has 90 valence electrons. The molecule has 0 radical (unpaired) electrons. The molecule has 0 saturated carbocycles. The van der Waals surface area contributed by atoms with Crippen molar-refractivity contribution < 1.29 is 8.42 Å². The van der Waals surface area contributed by atoms with Gasteiger partial charge in [0, 0.05) is 0 Å². The van der Waals surface area contributed by atoms with E-state index in [1.165, 1.54) is 0 Å². The van der Waals surface area contributed by atoms with Crippen LogP contribution in [0.4, 0.5) is 0 Å². The van der Waals surface area contributed by atoms with Gasteiger partial charge in [-0.1, -0.05) is 27.7 Å². The van der Waals surface area contributed by atoms with E-state index in [1.54, 1.807) is 0 Å². The zero-order chi connectivity index (χ0) is 11.7. The van der Waals surface area contributed by atoms with Gasteiger partial charge in [-0.2, -0.15) is 0 Å². The van der Waals surface area contributed by atoms with Crippen molar-refractivity contribution in [3.05, 3.63) is 0 Å². The van der Waals surface area contributed by atoms with E-state index in [9.17, 15) is 8.42 Å². The third-order valence-electron chi connectivity index (χ3n) is 4.75. The van der Waals surface area contributed by atoms with E-state index in [-0.39, 0.29) is 0 Å². The molecule has 0 aromatic rings. The highest BCUT2D eigenvalue weighted by Gasteiger charge is 2.58. The summed E-state index contributed by atoms with van der Waals surface area (Å²) in [4.78, 5) is 0. The molecule has 0 aromatic heterocycles. The van der Waals surface area contributed by atoms with Crippen LogP contribution in [0.15, 0.2) is 0 Å². The van der Waals surface area contributed by atoms with Gasteiger partial charge < -0.3 is 0 Å². The molecule has 1 aliphatic rings. The number of hydrogen-bond acceptors (Lipinski definition) is 2. The second-order valence-corrected chi connectivity index (χ2v) is 7.52. The summed E-state index contributed by atoms with van der Waals surface area (Å²) in [5.41, 5.74) is 0. The number of hydrogen-bond donors (Lipinski definition) is 0. The first kappa shape index (κ1) is 13.0. The molecule has 1 aliphatic heterocycles. The van der Waals surface area contributed by atoms with Crippen LogP contribution >= 0.6 is 0 Å². The van der Waals surface area contributed by atoms with Gasteiger partial charge >= 0.3 is 0 Å². The largest absolute Gasteiger partial charge is 0.228 e. The first-order valence-corrected chi connectivity index (χ1v) is 7.67. The van der Waals surface area contributed by atoms with Crippen LogP contribution in [0.1, 0.15) is 66.2 Å². The van der Waals surface area contributed by atoms with Crippen LogP contribution in [-0.2, 0) is 9.84 Å². The molecule has 1 saturated heterocycles. The lowest BCUT2D eigenvalue weighted by molar-refractivity contribution is 0.469. The summed E-state index contributed by atoms with van der Waals surface area (Å²) < 4.78 is 24.5. The lowest BCUT2D eigenvalue weighted by Gasteiger charge is -2.32. The molecule has 0 spiro atoms. The van der Waals surface area contributed by atoms with Gasteiger partial charge in [0.25, 0.3) is 0 Å². The first-order chi connectivity index (χ1) is 6.95. The van der Waals surface area contributed by atoms with Crippen molar-refractivity contribution in [2.75, 3.05) is 0 Å². The summed E-state index contributed by atoms with van der Waals surface area (Å²) in [6.07, 6.45) is 4.82. The molecular formula is C12H24O2S. The van der Waals surface area contributed by atoms with Crippen molar-refractivity contribution in [3.8, 4) is 0 Å². The molecule has 2 nitrogen and oxygen atoms in total. The van der Waals surface area contributed by atoms with Gasteiger partial charge in [0.05, 0.1) is 9.49 Å². The molecule has 0 amide bonds. The summed E-state index contributed by atoms with van der Waals surface area (Å²) in [6, 6.07) is 0. The Morgan fingerprint density at radius 2 is 1.07 bits per heavy atom. The molecule has 1 rings (SSSR count). The predicted molar refractivity (Wildman–Crippen MR) is 64.8 cm³/mol. The number of sulfone groups is 1. The first-order valence-electron chi connectivity index (χ1n) is 6.19. The van der Waals surface area contributed by atoms with Crippen molar-refractivity contribution in [1.82, 2.24) is 0 Å². The molecule has 1 fully saturated rings. The van der Waals surface area contributed by atoms with E-state index < -0.39 is 19.3 Å². The summed E-state index contributed by atoms with van der Waals surface area (Å²) in [5, 5.41) is 0. The van der Waals surface area contributed by atoms with Gasteiger partial charge in [0.15, 0.2) is 9.84 Å². The molecule has 0 bridgehead atoms. The van der Waals surface area contributed by atoms with Crippen LogP contribution in [0.3, 0.4) is 0 Å². The number of rotatable bonds is 4. The summed E-state index contributed by atoms with van der Waals surface area (Å²) in [7, 11) is -2.95. The van der Waals surface area contributed by atoms with Crippen LogP contribution < -0.4 is 0 Å². The van der Waals surface area contributed by atoms with Gasteiger partial charge in [-0.25, -0.2) is 8.42 Å². The van der Waals surface area contributed by atoms with E-state index >= 15 is 0 Å². The molecule has 0 atom stereocenters. The Kier molecular flexibility index (Phi) is 3.54. The second-order valence-electron chi connectivity index (χ2n) is 4.78. The van der Waals surface area contributed by atoms with Crippen LogP contribution in [0.25, 0.3) is 0 Å². The minimum atomic E-state index is -2.95. The average molecular weight is 232 g/mol. The molecule has 0 aliphatic carbocycles. The Morgan fingerprint density at radius 1 is 0.800 bits per heavy atom. The third kappa shape index (κ3) is 1.46. The fourth-order valence-corrected chi connectivity index (χ4v) is 6.33. The monoisotopic (exact) mass is 232 g/mol. The van der Waals surface area contributed by atoms with Crippen LogP contribution in [0.5, 0.6) is 0 Å². The maximum atomic E-state index is 12.7. The van der Waals surface area contributed by atoms with Gasteiger partial charge in [-0.3, -0.25) is 0 Å². The smallest absolute Gasteiger partial charge is 0.161 e. The van der Waals surface area contributed by atoms with Crippen LogP contribution in [0.2, 0.25) is 0 Å². The summed E-state index contributed by atoms with van der Waals surface area (Å²) in [6.45, 7) is 8.07. The molecule has 1 heterocycles. The topological polar surface area (TPSA) is 34.1 Å². The quantitative estimate of drug-likeness (QED) is 0.745. The third-order valence-corrected chi connectivity index (χ3v) is 8.60. The summed E-state index contributed by atoms with van der Waals surface area (Å²) in [5.74, 6) is 0. The van der Waals surface area contributed by atoms with E-state index in [0.29, 0.717) is 0 Å². The predicted octanol–water partition coefficient (Wildman–Crippen LogP) is 3.31. The van der Waals surface area contributed by atoms with Crippen molar-refractivity contribution in [2.24, 2.45) is 0 Å². The van der Waals surface area contributed by atoms with Crippen LogP contribution in [0, 0.1) is 0 Å². The van der Waals surface area contributed by atoms with Crippen molar-refractivity contribution in [2.45, 2.75) is 75.7 Å². The molecule has 0 unspecified atom stereocenters. The Morgan fingerprint density at radius 3 is 1.20 bits per heavy atom. The normalized spacial score (nSPS) is 26.7. The minimum Gasteiger partial charge on any atom is -0.228 e. The summed E-state index contributed by atoms with van der Waals surface area (Å²) >= 11 is 0. The molecular weight excluding hydrogens is 208 g/mol. The second kappa shape index (κ2) is 4.08. The zero-order valence-corrected chi connectivity index (χ0v) is 11.3. The fourth-order valence-electron chi connectivity index (χ4n) is 3.15. The standard InChI is InChI=1S/C12H24O2S/c1-5-11(6-2)9-10-12(7-3,8-4)15(11,13)14/h5-10H2,1-4H3. The highest BCUT2D eigenvalue weighted by Crippen LogP contribution is 2.51. The Hall–Kier alpha value is -0.0500. The Balaban J connectivity index is 3.25. The molecule has 0 N–H and O–H groups in total. The Bertz CT molecular complexity index is 283. The zero-order valence-electron chi connectivity index (χ0n) is 10.5. The maximum absolute atomic E-state index is 12.7. The van der Waals surface area contributed by atoms with Gasteiger partial charge in [-0.05, 0) is 38.5 Å². The molecule has 15 heavy (non-hydrogen) atoms. The van der Waals surface area contributed by atoms with E-state index in [0.717, 1.165) is 38.5 Å². The SMILES string of the molecule is CCC1(CC)CCC(CC)(CC)S1(=O)=O. The van der Waals surface area contributed by atoms with Crippen molar-refractivity contribution in [3.63, 3.8) is 0 Å². The highest BCUT2D eigenvalue weighted by molar-refractivity contribution is 7.94. The maximum Gasteiger partial charge on any atom is 0.161 e. The fraction of sp³-hybridized carbons (Fsp3) is 1.00. The molecule has 0 aromatic carbocycles. The van der Waals surface area contributed by atoms with Gasteiger partial charge in [0.1, 0.15) is 0 Å². The lowest BCUT2D eigenvalue weighted by Crippen LogP contribution is -2.43. The molecule has 3 heteroatoms. The minimum absolute atomic E-state index is 0.418. The van der Waals surface area contributed by atoms with E-state index in [1.807, 2.05) is 27.7 Å². The van der Waals surface area contributed by atoms with Crippen molar-refractivity contribution in [1.29, 1.82) is 0 Å². The van der Waals surface area contributed by atoms with Gasteiger partial charge in [-0.15, -0.1) is 0 Å². The van der Waals surface area contributed by atoms with Crippen LogP contribution in [-0.4, -0.2) is 17.9 Å². The van der Waals surface area contributed by atoms with Crippen molar-refractivity contribution >= 4 is 9.84 Å². The van der Waals surface area contributed by atoms with E-state index in [4.69, 9.17) is 0 Å². The van der Waals surface area contributed by atoms with E-state index in [2.05, 4.69) is 0 Å². The Labute approximate surface area is 94.4 Å². The lowest BCUT2D eigenvalue weighted by atomic mass is 9.90. The average Bonchev–Trinajstić information content (AvgIpc) is 2.47.